The lowest BCUT2D eigenvalue weighted by Crippen LogP contribution is -2.38. The molecule has 2 rings (SSSR count). The fourth-order valence-electron chi connectivity index (χ4n) is 1.97. The molecule has 0 N–H and O–H groups in total. The van der Waals surface area contributed by atoms with Crippen molar-refractivity contribution in [2.24, 2.45) is 13.0 Å². The molecule has 0 radical (unpaired) electrons. The van der Waals surface area contributed by atoms with E-state index in [-0.39, 0.29) is 5.91 Å². The van der Waals surface area contributed by atoms with Gasteiger partial charge in [0.1, 0.15) is 0 Å². The van der Waals surface area contributed by atoms with Crippen molar-refractivity contribution in [3.63, 3.8) is 0 Å². The fraction of sp³-hybridized carbons (Fsp3) is 0.667. The Hall–Kier alpha value is -0.970. The number of amides is 1. The first kappa shape index (κ1) is 12.5. The molecule has 94 valence electrons. The van der Waals surface area contributed by atoms with E-state index in [1.54, 1.807) is 6.20 Å². The summed E-state index contributed by atoms with van der Waals surface area (Å²) in [5.74, 6) is 1.50. The zero-order valence-corrected chi connectivity index (χ0v) is 11.2. The lowest BCUT2D eigenvalue weighted by molar-refractivity contribution is -0.129. The van der Waals surface area contributed by atoms with Crippen LogP contribution in [0.5, 0.6) is 0 Å². The Morgan fingerprint density at radius 3 is 2.82 bits per heavy atom. The van der Waals surface area contributed by atoms with Gasteiger partial charge in [0.15, 0.2) is 5.16 Å². The van der Waals surface area contributed by atoms with Crippen molar-refractivity contribution in [3.05, 3.63) is 12.4 Å². The molecule has 0 bridgehead atoms. The molecule has 17 heavy (non-hydrogen) atoms. The van der Waals surface area contributed by atoms with Crippen LogP contribution in [0.4, 0.5) is 0 Å². The topological polar surface area (TPSA) is 38.1 Å². The number of piperidine rings is 1. The van der Waals surface area contributed by atoms with Crippen molar-refractivity contribution >= 4 is 17.7 Å². The lowest BCUT2D eigenvalue weighted by atomic mass is 9.99. The Kier molecular flexibility index (Phi) is 4.10. The van der Waals surface area contributed by atoms with Crippen molar-refractivity contribution < 1.29 is 4.79 Å². The van der Waals surface area contributed by atoms with Gasteiger partial charge < -0.3 is 9.47 Å². The van der Waals surface area contributed by atoms with E-state index < -0.39 is 0 Å². The zero-order chi connectivity index (χ0) is 12.3. The molecule has 0 saturated carbocycles. The number of likely N-dealkylation sites (tertiary alicyclic amines) is 1. The molecule has 1 aliphatic heterocycles. The summed E-state index contributed by atoms with van der Waals surface area (Å²) in [5, 5.41) is 0.906. The van der Waals surface area contributed by atoms with E-state index in [1.807, 2.05) is 22.7 Å². The SMILES string of the molecule is CC1CCN(C(=O)CSc2nccn2C)CC1. The van der Waals surface area contributed by atoms with Crippen molar-refractivity contribution in [1.29, 1.82) is 0 Å². The van der Waals surface area contributed by atoms with E-state index in [4.69, 9.17) is 0 Å². The molecule has 1 aromatic rings. The molecule has 5 heteroatoms. The number of hydrogen-bond acceptors (Lipinski definition) is 3. The summed E-state index contributed by atoms with van der Waals surface area (Å²) < 4.78 is 1.94. The van der Waals surface area contributed by atoms with Gasteiger partial charge >= 0.3 is 0 Å². The van der Waals surface area contributed by atoms with Crippen LogP contribution in [0.2, 0.25) is 0 Å². The second-order valence-electron chi connectivity index (χ2n) is 4.67. The summed E-state index contributed by atoms with van der Waals surface area (Å²) in [6.07, 6.45) is 5.93. The monoisotopic (exact) mass is 253 g/mol. The highest BCUT2D eigenvalue weighted by Gasteiger charge is 2.20. The molecular weight excluding hydrogens is 234 g/mol. The highest BCUT2D eigenvalue weighted by molar-refractivity contribution is 7.99. The maximum absolute atomic E-state index is 12.0. The number of carbonyl (C=O) groups is 1. The van der Waals surface area contributed by atoms with Crippen LogP contribution < -0.4 is 0 Å². The van der Waals surface area contributed by atoms with Gasteiger partial charge in [0.25, 0.3) is 0 Å². The number of rotatable bonds is 3. The van der Waals surface area contributed by atoms with Crippen LogP contribution in [0, 0.1) is 5.92 Å². The average Bonchev–Trinajstić information content (AvgIpc) is 2.73. The van der Waals surface area contributed by atoms with Crippen LogP contribution >= 0.6 is 11.8 Å². The first-order valence-corrected chi connectivity index (χ1v) is 7.03. The average molecular weight is 253 g/mol. The largest absolute Gasteiger partial charge is 0.342 e. The van der Waals surface area contributed by atoms with Gasteiger partial charge in [-0.05, 0) is 18.8 Å². The molecule has 0 spiro atoms. The van der Waals surface area contributed by atoms with Gasteiger partial charge in [0.05, 0.1) is 5.75 Å². The summed E-state index contributed by atoms with van der Waals surface area (Å²) in [5.41, 5.74) is 0. The molecule has 1 saturated heterocycles. The van der Waals surface area contributed by atoms with E-state index in [0.29, 0.717) is 5.75 Å². The first-order valence-electron chi connectivity index (χ1n) is 6.04. The molecule has 0 aromatic carbocycles. The fourth-order valence-corrected chi connectivity index (χ4v) is 2.80. The smallest absolute Gasteiger partial charge is 0.233 e. The van der Waals surface area contributed by atoms with Crippen LogP contribution in [0.15, 0.2) is 17.6 Å². The van der Waals surface area contributed by atoms with Crippen LogP contribution in [0.3, 0.4) is 0 Å². The Morgan fingerprint density at radius 1 is 1.53 bits per heavy atom. The van der Waals surface area contributed by atoms with E-state index in [9.17, 15) is 4.79 Å². The number of nitrogens with zero attached hydrogens (tertiary/aromatic N) is 3. The van der Waals surface area contributed by atoms with Crippen molar-refractivity contribution in [2.45, 2.75) is 24.9 Å². The van der Waals surface area contributed by atoms with Gasteiger partial charge in [0.2, 0.25) is 5.91 Å². The Morgan fingerprint density at radius 2 is 2.24 bits per heavy atom. The lowest BCUT2D eigenvalue weighted by Gasteiger charge is -2.30. The van der Waals surface area contributed by atoms with Crippen molar-refractivity contribution in [1.82, 2.24) is 14.5 Å². The summed E-state index contributed by atoms with van der Waals surface area (Å²) in [6, 6.07) is 0. The predicted octanol–water partition coefficient (Wildman–Crippen LogP) is 1.77. The molecule has 0 aliphatic carbocycles. The summed E-state index contributed by atoms with van der Waals surface area (Å²) >= 11 is 1.52. The maximum atomic E-state index is 12.0. The molecule has 1 amide bonds. The van der Waals surface area contributed by atoms with Gasteiger partial charge in [-0.2, -0.15) is 0 Å². The van der Waals surface area contributed by atoms with Crippen LogP contribution in [0.25, 0.3) is 0 Å². The van der Waals surface area contributed by atoms with E-state index in [1.165, 1.54) is 11.8 Å². The highest BCUT2D eigenvalue weighted by atomic mass is 32.2. The number of thioether (sulfide) groups is 1. The number of carbonyl (C=O) groups excluding carboxylic acids is 1. The van der Waals surface area contributed by atoms with Gasteiger partial charge in [0, 0.05) is 32.5 Å². The minimum Gasteiger partial charge on any atom is -0.342 e. The third-order valence-electron chi connectivity index (χ3n) is 3.24. The van der Waals surface area contributed by atoms with Gasteiger partial charge in [-0.25, -0.2) is 4.98 Å². The van der Waals surface area contributed by atoms with Gasteiger partial charge in [-0.15, -0.1) is 0 Å². The number of imidazole rings is 1. The molecule has 0 atom stereocenters. The standard InChI is InChI=1S/C12H19N3OS/c1-10-3-6-15(7-4-10)11(16)9-17-12-13-5-8-14(12)2/h5,8,10H,3-4,6-7,9H2,1-2H3. The number of hydrogen-bond donors (Lipinski definition) is 0. The molecule has 1 aliphatic rings. The van der Waals surface area contributed by atoms with Gasteiger partial charge in [-0.1, -0.05) is 18.7 Å². The quantitative estimate of drug-likeness (QED) is 0.771. The minimum atomic E-state index is 0.241. The summed E-state index contributed by atoms with van der Waals surface area (Å²) in [4.78, 5) is 18.2. The zero-order valence-electron chi connectivity index (χ0n) is 10.4. The molecule has 4 nitrogen and oxygen atoms in total. The summed E-state index contributed by atoms with van der Waals surface area (Å²) in [7, 11) is 1.95. The predicted molar refractivity (Wildman–Crippen MR) is 68.9 cm³/mol. The second kappa shape index (κ2) is 5.58. The third-order valence-corrected chi connectivity index (χ3v) is 4.28. The van der Waals surface area contributed by atoms with E-state index in [0.717, 1.165) is 37.0 Å². The van der Waals surface area contributed by atoms with Crippen LogP contribution in [-0.2, 0) is 11.8 Å². The molecular formula is C12H19N3OS. The van der Waals surface area contributed by atoms with Crippen molar-refractivity contribution in [2.75, 3.05) is 18.8 Å². The highest BCUT2D eigenvalue weighted by Crippen LogP contribution is 2.19. The van der Waals surface area contributed by atoms with Crippen molar-refractivity contribution in [3.8, 4) is 0 Å². The summed E-state index contributed by atoms with van der Waals surface area (Å²) in [6.45, 7) is 4.09. The normalized spacial score (nSPS) is 17.4. The maximum Gasteiger partial charge on any atom is 0.233 e. The van der Waals surface area contributed by atoms with Crippen LogP contribution in [-0.4, -0.2) is 39.2 Å². The Labute approximate surface area is 106 Å². The van der Waals surface area contributed by atoms with E-state index in [2.05, 4.69) is 11.9 Å². The molecule has 0 unspecified atom stereocenters. The third kappa shape index (κ3) is 3.25. The Bertz CT molecular complexity index is 383. The van der Waals surface area contributed by atoms with E-state index >= 15 is 0 Å². The van der Waals surface area contributed by atoms with Gasteiger partial charge in [-0.3, -0.25) is 4.79 Å². The molecule has 2 heterocycles. The van der Waals surface area contributed by atoms with Crippen LogP contribution in [0.1, 0.15) is 19.8 Å². The Balaban J connectivity index is 1.80. The first-order chi connectivity index (χ1) is 8.16. The number of aromatic nitrogens is 2. The number of aryl methyl sites for hydroxylation is 1. The second-order valence-corrected chi connectivity index (χ2v) is 5.62. The molecule has 1 aromatic heterocycles. The molecule has 1 fully saturated rings. The minimum absolute atomic E-state index is 0.241.